The summed E-state index contributed by atoms with van der Waals surface area (Å²) in [6.07, 6.45) is 0.105. The van der Waals surface area contributed by atoms with Gasteiger partial charge in [0.15, 0.2) is 0 Å². The Kier molecular flexibility index (Phi) is 6.54. The molecule has 1 aliphatic heterocycles. The fraction of sp³-hybridized carbons (Fsp3) is 0.421. The van der Waals surface area contributed by atoms with Crippen molar-refractivity contribution in [2.75, 3.05) is 39.9 Å². The van der Waals surface area contributed by atoms with Gasteiger partial charge in [-0.2, -0.15) is 0 Å². The normalized spacial score (nSPS) is 14.9. The van der Waals surface area contributed by atoms with Crippen LogP contribution in [0.2, 0.25) is 0 Å². The maximum Gasteiger partial charge on any atom is 0.323 e. The molecule has 0 saturated carbocycles. The third-order valence-electron chi connectivity index (χ3n) is 4.37. The van der Waals surface area contributed by atoms with Gasteiger partial charge in [0.25, 0.3) is 0 Å². The first-order valence-electron chi connectivity index (χ1n) is 8.81. The summed E-state index contributed by atoms with van der Waals surface area (Å²) in [6, 6.07) is 8.29. The van der Waals surface area contributed by atoms with E-state index in [1.54, 1.807) is 0 Å². The molecule has 0 unspecified atom stereocenters. The molecule has 1 aromatic heterocycles. The monoisotopic (exact) mass is 389 g/mol. The highest BCUT2D eigenvalue weighted by atomic mass is 32.1. The van der Waals surface area contributed by atoms with Crippen LogP contribution < -0.4 is 0 Å². The number of nitrogens with zero attached hydrogens (tertiary/aromatic N) is 3. The van der Waals surface area contributed by atoms with Gasteiger partial charge in [0.2, 0.25) is 5.91 Å². The van der Waals surface area contributed by atoms with Gasteiger partial charge in [-0.15, -0.1) is 11.3 Å². The number of ether oxygens (including phenoxy) is 1. The van der Waals surface area contributed by atoms with Crippen LogP contribution in [0.4, 0.5) is 0 Å². The van der Waals surface area contributed by atoms with E-state index >= 15 is 0 Å². The smallest absolute Gasteiger partial charge is 0.323 e. The van der Waals surface area contributed by atoms with Crippen LogP contribution in [0, 0.1) is 0 Å². The van der Waals surface area contributed by atoms with Gasteiger partial charge in [0.1, 0.15) is 11.6 Å². The van der Waals surface area contributed by atoms with Crippen LogP contribution in [0.5, 0.6) is 0 Å². The largest absolute Gasteiger partial charge is 0.480 e. The number of carboxylic acid groups (broad SMARTS) is 1. The Labute approximate surface area is 162 Å². The highest BCUT2D eigenvalue weighted by molar-refractivity contribution is 7.13. The summed E-state index contributed by atoms with van der Waals surface area (Å²) in [4.78, 5) is 30.9. The molecule has 1 amide bonds. The molecule has 7 nitrogen and oxygen atoms in total. The van der Waals surface area contributed by atoms with Crippen molar-refractivity contribution in [2.45, 2.75) is 13.0 Å². The topological polar surface area (TPSA) is 83.0 Å². The first-order chi connectivity index (χ1) is 13.0. The fourth-order valence-electron chi connectivity index (χ4n) is 2.92. The van der Waals surface area contributed by atoms with Gasteiger partial charge >= 0.3 is 5.97 Å². The molecule has 0 bridgehead atoms. The Morgan fingerprint density at radius 1 is 1.33 bits per heavy atom. The second-order valence-corrected chi connectivity index (χ2v) is 7.41. The van der Waals surface area contributed by atoms with E-state index in [-0.39, 0.29) is 18.9 Å². The number of rotatable bonds is 7. The number of carbonyl (C=O) groups is 2. The van der Waals surface area contributed by atoms with Gasteiger partial charge in [-0.3, -0.25) is 14.5 Å². The lowest BCUT2D eigenvalue weighted by Crippen LogP contribution is -2.35. The van der Waals surface area contributed by atoms with Crippen molar-refractivity contribution in [1.82, 2.24) is 14.8 Å². The molecule has 8 heteroatoms. The molecule has 3 rings (SSSR count). The molecule has 0 aliphatic carbocycles. The van der Waals surface area contributed by atoms with Crippen molar-refractivity contribution in [3.8, 4) is 10.6 Å². The number of hydrogen-bond donors (Lipinski definition) is 1. The summed E-state index contributed by atoms with van der Waals surface area (Å²) < 4.78 is 5.39. The lowest BCUT2D eigenvalue weighted by atomic mass is 10.1. The minimum absolute atomic E-state index is 0.105. The zero-order valence-corrected chi connectivity index (χ0v) is 16.1. The standard InChI is InChI=1S/C19H23N3O4S/c1-21(12-18(24)25)17(23)10-16-13-27-19(20-16)15-4-2-3-14(9-15)11-22-5-7-26-8-6-22/h2-4,9,13H,5-8,10-12H2,1H3,(H,24,25). The second kappa shape index (κ2) is 9.07. The number of amides is 1. The van der Waals surface area contributed by atoms with Crippen molar-refractivity contribution in [1.29, 1.82) is 0 Å². The van der Waals surface area contributed by atoms with E-state index < -0.39 is 5.97 Å². The van der Waals surface area contributed by atoms with Crippen LogP contribution in [-0.2, 0) is 27.3 Å². The Bertz CT molecular complexity index is 802. The first-order valence-corrected chi connectivity index (χ1v) is 9.69. The first kappa shape index (κ1) is 19.5. The third-order valence-corrected chi connectivity index (χ3v) is 5.31. The molecular formula is C19H23N3O4S. The lowest BCUT2D eigenvalue weighted by molar-refractivity contribution is -0.143. The van der Waals surface area contributed by atoms with E-state index in [0.29, 0.717) is 5.69 Å². The van der Waals surface area contributed by atoms with Crippen molar-refractivity contribution in [3.63, 3.8) is 0 Å². The Balaban J connectivity index is 1.64. The van der Waals surface area contributed by atoms with Crippen LogP contribution in [0.25, 0.3) is 10.6 Å². The van der Waals surface area contributed by atoms with Crippen molar-refractivity contribution in [2.24, 2.45) is 0 Å². The quantitative estimate of drug-likeness (QED) is 0.777. The molecule has 0 atom stereocenters. The summed E-state index contributed by atoms with van der Waals surface area (Å²) in [5, 5.41) is 11.5. The second-order valence-electron chi connectivity index (χ2n) is 6.55. The van der Waals surface area contributed by atoms with Gasteiger partial charge in [-0.1, -0.05) is 18.2 Å². The molecule has 2 aromatic rings. The van der Waals surface area contributed by atoms with Crippen LogP contribution in [-0.4, -0.2) is 71.7 Å². The van der Waals surface area contributed by atoms with E-state index in [1.165, 1.54) is 28.8 Å². The SMILES string of the molecule is CN(CC(=O)O)C(=O)Cc1csc(-c2cccc(CN3CCOCC3)c2)n1. The zero-order chi connectivity index (χ0) is 19.2. The molecular weight excluding hydrogens is 366 g/mol. The van der Waals surface area contributed by atoms with E-state index in [9.17, 15) is 9.59 Å². The third kappa shape index (κ3) is 5.59. The summed E-state index contributed by atoms with van der Waals surface area (Å²) in [6.45, 7) is 4.02. The van der Waals surface area contributed by atoms with Gasteiger partial charge in [-0.05, 0) is 11.6 Å². The predicted octanol–water partition coefficient (Wildman–Crippen LogP) is 1.73. The number of aromatic nitrogens is 1. The number of likely N-dealkylation sites (N-methyl/N-ethyl adjacent to an activating group) is 1. The van der Waals surface area contributed by atoms with Crippen molar-refractivity contribution < 1.29 is 19.4 Å². The number of thiazole rings is 1. The number of hydrogen-bond acceptors (Lipinski definition) is 6. The van der Waals surface area contributed by atoms with Gasteiger partial charge in [-0.25, -0.2) is 4.98 Å². The molecule has 27 heavy (non-hydrogen) atoms. The molecule has 2 heterocycles. The maximum atomic E-state index is 12.1. The minimum Gasteiger partial charge on any atom is -0.480 e. The van der Waals surface area contributed by atoms with E-state index in [2.05, 4.69) is 22.0 Å². The maximum absolute atomic E-state index is 12.1. The lowest BCUT2D eigenvalue weighted by Gasteiger charge is -2.26. The molecule has 1 aliphatic rings. The average Bonchev–Trinajstić information content (AvgIpc) is 3.11. The van der Waals surface area contributed by atoms with Gasteiger partial charge in [0.05, 0.1) is 25.3 Å². The van der Waals surface area contributed by atoms with E-state index in [4.69, 9.17) is 9.84 Å². The zero-order valence-electron chi connectivity index (χ0n) is 15.3. The molecule has 144 valence electrons. The highest BCUT2D eigenvalue weighted by Gasteiger charge is 2.15. The van der Waals surface area contributed by atoms with Crippen molar-refractivity contribution in [3.05, 3.63) is 40.9 Å². The average molecular weight is 389 g/mol. The molecule has 1 saturated heterocycles. The summed E-state index contributed by atoms with van der Waals surface area (Å²) >= 11 is 1.49. The highest BCUT2D eigenvalue weighted by Crippen LogP contribution is 2.25. The number of carboxylic acids is 1. The summed E-state index contributed by atoms with van der Waals surface area (Å²) in [5.74, 6) is -1.28. The Morgan fingerprint density at radius 2 is 2.11 bits per heavy atom. The van der Waals surface area contributed by atoms with E-state index in [0.717, 1.165) is 43.4 Å². The number of benzene rings is 1. The predicted molar refractivity (Wildman–Crippen MR) is 103 cm³/mol. The van der Waals surface area contributed by atoms with Crippen LogP contribution in [0.1, 0.15) is 11.3 Å². The van der Waals surface area contributed by atoms with Crippen LogP contribution in [0.3, 0.4) is 0 Å². The van der Waals surface area contributed by atoms with Crippen molar-refractivity contribution >= 4 is 23.2 Å². The molecule has 0 spiro atoms. The minimum atomic E-state index is -1.03. The number of aliphatic carboxylic acids is 1. The molecule has 1 fully saturated rings. The number of carbonyl (C=O) groups excluding carboxylic acids is 1. The Hall–Kier alpha value is -2.29. The van der Waals surface area contributed by atoms with Gasteiger partial charge < -0.3 is 14.7 Å². The molecule has 1 aromatic carbocycles. The fourth-order valence-corrected chi connectivity index (χ4v) is 3.74. The molecule has 1 N–H and O–H groups in total. The van der Waals surface area contributed by atoms with Gasteiger partial charge in [0, 0.05) is 37.6 Å². The summed E-state index contributed by atoms with van der Waals surface area (Å²) in [7, 11) is 1.48. The Morgan fingerprint density at radius 3 is 2.85 bits per heavy atom. The number of morpholine rings is 1. The van der Waals surface area contributed by atoms with Crippen LogP contribution in [0.15, 0.2) is 29.6 Å². The van der Waals surface area contributed by atoms with Crippen LogP contribution >= 0.6 is 11.3 Å². The summed E-state index contributed by atoms with van der Waals surface area (Å²) in [5.41, 5.74) is 2.92. The van der Waals surface area contributed by atoms with E-state index in [1.807, 2.05) is 17.5 Å². The molecule has 0 radical (unpaired) electrons.